The summed E-state index contributed by atoms with van der Waals surface area (Å²) >= 11 is 0. The molecule has 0 aliphatic rings. The number of hydrogen-bond donors (Lipinski definition) is 1. The number of nitrogens with zero attached hydrogens (tertiary/aromatic N) is 2. The molecule has 0 spiro atoms. The van der Waals surface area contributed by atoms with Crippen LogP contribution in [0.1, 0.15) is 11.4 Å². The fraction of sp³-hybridized carbons (Fsp3) is 0.0526. The second kappa shape index (κ2) is 7.18. The van der Waals surface area contributed by atoms with Gasteiger partial charge in [0.05, 0.1) is 29.8 Å². The van der Waals surface area contributed by atoms with Crippen LogP contribution >= 0.6 is 0 Å². The van der Waals surface area contributed by atoms with E-state index < -0.39 is 0 Å². The highest BCUT2D eigenvalue weighted by atomic mass is 14.9. The molecule has 0 aliphatic carbocycles. The molecule has 108 valence electrons. The van der Waals surface area contributed by atoms with Crippen molar-refractivity contribution in [2.75, 3.05) is 5.32 Å². The molecule has 0 unspecified atom stereocenters. The fourth-order valence-electron chi connectivity index (χ4n) is 2.07. The molecule has 3 heteroatoms. The van der Waals surface area contributed by atoms with Crippen molar-refractivity contribution in [3.05, 3.63) is 90.3 Å². The highest BCUT2D eigenvalue weighted by molar-refractivity contribution is 5.79. The van der Waals surface area contributed by atoms with Crippen molar-refractivity contribution in [2.45, 2.75) is 6.54 Å². The van der Waals surface area contributed by atoms with Crippen molar-refractivity contribution in [3.8, 4) is 0 Å². The Kier molecular flexibility index (Phi) is 4.57. The average molecular weight is 287 g/mol. The Morgan fingerprint density at radius 2 is 1.55 bits per heavy atom. The van der Waals surface area contributed by atoms with Crippen LogP contribution in [0.5, 0.6) is 0 Å². The number of anilines is 1. The SMILES string of the molecule is C(=Nc1ccccc1)c1cccc(CNc2ccccc2)n1. The monoisotopic (exact) mass is 287 g/mol. The minimum atomic E-state index is 0.691. The first kappa shape index (κ1) is 14.0. The Hall–Kier alpha value is -2.94. The summed E-state index contributed by atoms with van der Waals surface area (Å²) in [6.07, 6.45) is 1.79. The molecule has 0 radical (unpaired) electrons. The summed E-state index contributed by atoms with van der Waals surface area (Å²) in [5.74, 6) is 0. The molecule has 1 heterocycles. The molecule has 2 aromatic carbocycles. The predicted octanol–water partition coefficient (Wildman–Crippen LogP) is 4.44. The van der Waals surface area contributed by atoms with Crippen molar-refractivity contribution >= 4 is 17.6 Å². The van der Waals surface area contributed by atoms with Gasteiger partial charge in [0.2, 0.25) is 0 Å². The van der Waals surface area contributed by atoms with E-state index in [0.29, 0.717) is 6.54 Å². The third kappa shape index (κ3) is 4.03. The number of nitrogens with one attached hydrogen (secondary N) is 1. The lowest BCUT2D eigenvalue weighted by Crippen LogP contribution is -2.02. The van der Waals surface area contributed by atoms with Crippen LogP contribution in [0.25, 0.3) is 0 Å². The minimum Gasteiger partial charge on any atom is -0.379 e. The summed E-state index contributed by atoms with van der Waals surface area (Å²) in [6, 6.07) is 25.9. The molecule has 0 saturated carbocycles. The first-order valence-corrected chi connectivity index (χ1v) is 7.24. The van der Waals surface area contributed by atoms with E-state index >= 15 is 0 Å². The maximum absolute atomic E-state index is 4.59. The van der Waals surface area contributed by atoms with Gasteiger partial charge in [-0.25, -0.2) is 4.98 Å². The van der Waals surface area contributed by atoms with Crippen molar-refractivity contribution in [3.63, 3.8) is 0 Å². The summed E-state index contributed by atoms with van der Waals surface area (Å²) in [5.41, 5.74) is 3.86. The minimum absolute atomic E-state index is 0.691. The van der Waals surface area contributed by atoms with Gasteiger partial charge in [-0.1, -0.05) is 42.5 Å². The van der Waals surface area contributed by atoms with Gasteiger partial charge in [0.1, 0.15) is 0 Å². The number of benzene rings is 2. The van der Waals surface area contributed by atoms with E-state index in [-0.39, 0.29) is 0 Å². The molecule has 3 rings (SSSR count). The Morgan fingerprint density at radius 3 is 2.32 bits per heavy atom. The Morgan fingerprint density at radius 1 is 0.818 bits per heavy atom. The number of para-hydroxylation sites is 2. The van der Waals surface area contributed by atoms with Crippen molar-refractivity contribution in [1.82, 2.24) is 4.98 Å². The zero-order valence-electron chi connectivity index (χ0n) is 12.2. The van der Waals surface area contributed by atoms with Gasteiger partial charge in [-0.05, 0) is 36.4 Å². The number of pyridine rings is 1. The summed E-state index contributed by atoms with van der Waals surface area (Å²) in [7, 11) is 0. The molecule has 0 atom stereocenters. The topological polar surface area (TPSA) is 37.3 Å². The highest BCUT2D eigenvalue weighted by Gasteiger charge is 1.97. The third-order valence-electron chi connectivity index (χ3n) is 3.18. The summed E-state index contributed by atoms with van der Waals surface area (Å²) in [4.78, 5) is 9.02. The quantitative estimate of drug-likeness (QED) is 0.704. The highest BCUT2D eigenvalue weighted by Crippen LogP contribution is 2.10. The molecule has 1 aromatic heterocycles. The molecule has 0 bridgehead atoms. The molecule has 1 N–H and O–H groups in total. The molecular formula is C19H17N3. The van der Waals surface area contributed by atoms with Gasteiger partial charge < -0.3 is 5.32 Å². The summed E-state index contributed by atoms with van der Waals surface area (Å²) < 4.78 is 0. The smallest absolute Gasteiger partial charge is 0.0816 e. The zero-order valence-corrected chi connectivity index (χ0v) is 12.2. The van der Waals surface area contributed by atoms with E-state index in [4.69, 9.17) is 0 Å². The lowest BCUT2D eigenvalue weighted by Gasteiger charge is -2.06. The van der Waals surface area contributed by atoms with Crippen LogP contribution in [-0.4, -0.2) is 11.2 Å². The second-order valence-corrected chi connectivity index (χ2v) is 4.87. The standard InChI is InChI=1S/C19H17N3/c1-3-8-16(9-4-1)20-14-18-12-7-13-19(22-18)15-21-17-10-5-2-6-11-17/h1-14,21H,15H2. The molecular weight excluding hydrogens is 270 g/mol. The van der Waals surface area contributed by atoms with Gasteiger partial charge in [-0.15, -0.1) is 0 Å². The van der Waals surface area contributed by atoms with Crippen LogP contribution in [0.2, 0.25) is 0 Å². The molecule has 0 aliphatic heterocycles. The van der Waals surface area contributed by atoms with Crippen LogP contribution in [0.4, 0.5) is 11.4 Å². The Labute approximate surface area is 130 Å². The normalized spacial score (nSPS) is 10.7. The number of aromatic nitrogens is 1. The van der Waals surface area contributed by atoms with Gasteiger partial charge in [0, 0.05) is 5.69 Å². The van der Waals surface area contributed by atoms with E-state index in [2.05, 4.69) is 15.3 Å². The third-order valence-corrected chi connectivity index (χ3v) is 3.18. The van der Waals surface area contributed by atoms with Crippen LogP contribution in [0.15, 0.2) is 83.9 Å². The maximum atomic E-state index is 4.59. The summed E-state index contributed by atoms with van der Waals surface area (Å²) in [6.45, 7) is 0.691. The van der Waals surface area contributed by atoms with Crippen molar-refractivity contribution in [1.29, 1.82) is 0 Å². The first-order chi connectivity index (χ1) is 10.9. The molecule has 0 saturated heterocycles. The van der Waals surface area contributed by atoms with E-state index in [1.807, 2.05) is 78.9 Å². The summed E-state index contributed by atoms with van der Waals surface area (Å²) in [5, 5.41) is 3.35. The van der Waals surface area contributed by atoms with E-state index in [9.17, 15) is 0 Å². The van der Waals surface area contributed by atoms with Crippen LogP contribution in [-0.2, 0) is 6.54 Å². The van der Waals surface area contributed by atoms with Gasteiger partial charge in [0.25, 0.3) is 0 Å². The number of rotatable bonds is 5. The average Bonchev–Trinajstić information content (AvgIpc) is 2.60. The maximum Gasteiger partial charge on any atom is 0.0816 e. The molecule has 0 amide bonds. The lowest BCUT2D eigenvalue weighted by molar-refractivity contribution is 1.04. The fourth-order valence-corrected chi connectivity index (χ4v) is 2.07. The zero-order chi connectivity index (χ0) is 15.0. The van der Waals surface area contributed by atoms with Crippen molar-refractivity contribution < 1.29 is 0 Å². The Balaban J connectivity index is 1.66. The number of aliphatic imine (C=N–C) groups is 1. The van der Waals surface area contributed by atoms with Gasteiger partial charge in [-0.3, -0.25) is 4.99 Å². The molecule has 3 nitrogen and oxygen atoms in total. The molecule has 3 aromatic rings. The van der Waals surface area contributed by atoms with E-state index in [1.165, 1.54) is 0 Å². The van der Waals surface area contributed by atoms with Gasteiger partial charge >= 0.3 is 0 Å². The molecule has 0 fully saturated rings. The number of hydrogen-bond acceptors (Lipinski definition) is 3. The van der Waals surface area contributed by atoms with Gasteiger partial charge in [0.15, 0.2) is 0 Å². The largest absolute Gasteiger partial charge is 0.379 e. The first-order valence-electron chi connectivity index (χ1n) is 7.24. The van der Waals surface area contributed by atoms with E-state index in [0.717, 1.165) is 22.8 Å². The lowest BCUT2D eigenvalue weighted by atomic mass is 10.3. The van der Waals surface area contributed by atoms with Crippen LogP contribution in [0, 0.1) is 0 Å². The predicted molar refractivity (Wildman–Crippen MR) is 91.7 cm³/mol. The second-order valence-electron chi connectivity index (χ2n) is 4.87. The Bertz CT molecular complexity index is 737. The van der Waals surface area contributed by atoms with E-state index in [1.54, 1.807) is 6.21 Å². The molecule has 22 heavy (non-hydrogen) atoms. The van der Waals surface area contributed by atoms with Crippen LogP contribution < -0.4 is 5.32 Å². The van der Waals surface area contributed by atoms with Crippen molar-refractivity contribution in [2.24, 2.45) is 4.99 Å². The van der Waals surface area contributed by atoms with Crippen LogP contribution in [0.3, 0.4) is 0 Å². The van der Waals surface area contributed by atoms with Gasteiger partial charge in [-0.2, -0.15) is 0 Å².